The van der Waals surface area contributed by atoms with Crippen molar-refractivity contribution in [2.45, 2.75) is 6.92 Å². The second-order valence-electron chi connectivity index (χ2n) is 4.88. The third-order valence-electron chi connectivity index (χ3n) is 3.24. The average molecular weight is 293 g/mol. The molecule has 104 valence electrons. The van der Waals surface area contributed by atoms with Crippen molar-refractivity contribution >= 4 is 22.9 Å². The van der Waals surface area contributed by atoms with Gasteiger partial charge in [-0.05, 0) is 48.2 Å². The lowest BCUT2D eigenvalue weighted by molar-refractivity contribution is 0.102. The van der Waals surface area contributed by atoms with Gasteiger partial charge in [-0.3, -0.25) is 4.79 Å². The number of hydrogen-bond donors (Lipinski definition) is 1. The van der Waals surface area contributed by atoms with Gasteiger partial charge in [0.05, 0.1) is 0 Å². The normalized spacial score (nSPS) is 10.3. The van der Waals surface area contributed by atoms with Crippen molar-refractivity contribution in [2.24, 2.45) is 0 Å². The van der Waals surface area contributed by atoms with Gasteiger partial charge in [-0.1, -0.05) is 35.9 Å². The zero-order valence-corrected chi connectivity index (χ0v) is 12.5. The van der Waals surface area contributed by atoms with Gasteiger partial charge in [0.2, 0.25) is 0 Å². The lowest BCUT2D eigenvalue weighted by Gasteiger charge is -2.07. The summed E-state index contributed by atoms with van der Waals surface area (Å²) in [6.07, 6.45) is 0. The largest absolute Gasteiger partial charge is 0.322 e. The molecule has 1 aromatic heterocycles. The van der Waals surface area contributed by atoms with E-state index in [1.54, 1.807) is 11.3 Å². The summed E-state index contributed by atoms with van der Waals surface area (Å²) in [5, 5.41) is 4.96. The van der Waals surface area contributed by atoms with E-state index in [4.69, 9.17) is 0 Å². The molecule has 3 heteroatoms. The first-order valence-electron chi connectivity index (χ1n) is 6.74. The van der Waals surface area contributed by atoms with Crippen LogP contribution in [0.2, 0.25) is 0 Å². The number of benzene rings is 2. The molecule has 0 saturated heterocycles. The second-order valence-corrected chi connectivity index (χ2v) is 5.83. The highest BCUT2D eigenvalue weighted by atomic mass is 32.1. The molecule has 2 nitrogen and oxygen atoms in total. The third kappa shape index (κ3) is 3.20. The van der Waals surface area contributed by atoms with Crippen LogP contribution in [0.15, 0.2) is 66.0 Å². The first-order chi connectivity index (χ1) is 10.2. The van der Waals surface area contributed by atoms with Crippen LogP contribution in [0, 0.1) is 6.92 Å². The van der Waals surface area contributed by atoms with Crippen LogP contribution >= 0.6 is 11.3 Å². The van der Waals surface area contributed by atoms with Gasteiger partial charge in [0.1, 0.15) is 0 Å². The summed E-state index contributed by atoms with van der Waals surface area (Å²) >= 11 is 1.67. The molecule has 1 amide bonds. The molecule has 3 rings (SSSR count). The Morgan fingerprint density at radius 3 is 2.52 bits per heavy atom. The van der Waals surface area contributed by atoms with Gasteiger partial charge in [-0.25, -0.2) is 0 Å². The summed E-state index contributed by atoms with van der Waals surface area (Å²) in [5.41, 5.74) is 3.72. The van der Waals surface area contributed by atoms with E-state index in [-0.39, 0.29) is 5.91 Å². The molecule has 0 aliphatic rings. The van der Waals surface area contributed by atoms with Crippen LogP contribution in [0.4, 0.5) is 5.69 Å². The Labute approximate surface area is 128 Å². The molecule has 0 aliphatic carbocycles. The topological polar surface area (TPSA) is 29.1 Å². The Balaban J connectivity index is 1.81. The van der Waals surface area contributed by atoms with Crippen molar-refractivity contribution in [3.8, 4) is 10.4 Å². The van der Waals surface area contributed by atoms with Crippen molar-refractivity contribution in [1.82, 2.24) is 0 Å². The summed E-state index contributed by atoms with van der Waals surface area (Å²) < 4.78 is 0. The Bertz CT molecular complexity index is 745. The Kier molecular flexibility index (Phi) is 3.84. The molecule has 0 bridgehead atoms. The molecule has 21 heavy (non-hydrogen) atoms. The van der Waals surface area contributed by atoms with E-state index < -0.39 is 0 Å². The molecule has 1 heterocycles. The van der Waals surface area contributed by atoms with Crippen molar-refractivity contribution in [3.63, 3.8) is 0 Å². The maximum Gasteiger partial charge on any atom is 0.255 e. The maximum atomic E-state index is 12.3. The van der Waals surface area contributed by atoms with E-state index in [1.165, 1.54) is 10.4 Å². The number of nitrogens with one attached hydrogen (secondary N) is 1. The molecule has 0 atom stereocenters. The summed E-state index contributed by atoms with van der Waals surface area (Å²) in [4.78, 5) is 13.5. The minimum atomic E-state index is -0.0859. The highest BCUT2D eigenvalue weighted by molar-refractivity contribution is 7.13. The van der Waals surface area contributed by atoms with E-state index in [9.17, 15) is 4.79 Å². The van der Waals surface area contributed by atoms with Crippen LogP contribution in [0.3, 0.4) is 0 Å². The molecule has 2 aromatic carbocycles. The van der Waals surface area contributed by atoms with Gasteiger partial charge in [-0.15, -0.1) is 11.3 Å². The average Bonchev–Trinajstić information content (AvgIpc) is 3.04. The summed E-state index contributed by atoms with van der Waals surface area (Å²) in [7, 11) is 0. The fourth-order valence-corrected chi connectivity index (χ4v) is 2.82. The van der Waals surface area contributed by atoms with Crippen LogP contribution in [-0.2, 0) is 0 Å². The van der Waals surface area contributed by atoms with Crippen LogP contribution in [0.1, 0.15) is 15.9 Å². The summed E-state index contributed by atoms with van der Waals surface area (Å²) in [6, 6.07) is 19.6. The Hall–Kier alpha value is -2.39. The van der Waals surface area contributed by atoms with Crippen LogP contribution in [0.5, 0.6) is 0 Å². The molecule has 0 fully saturated rings. The molecule has 3 aromatic rings. The van der Waals surface area contributed by atoms with E-state index >= 15 is 0 Å². The van der Waals surface area contributed by atoms with Gasteiger partial charge in [0, 0.05) is 16.1 Å². The number of hydrogen-bond acceptors (Lipinski definition) is 2. The highest BCUT2D eigenvalue weighted by Gasteiger charge is 2.08. The third-order valence-corrected chi connectivity index (χ3v) is 4.16. The number of carbonyl (C=O) groups is 1. The minimum Gasteiger partial charge on any atom is -0.322 e. The Morgan fingerprint density at radius 2 is 1.81 bits per heavy atom. The molecule has 0 saturated carbocycles. The predicted octanol–water partition coefficient (Wildman–Crippen LogP) is 4.98. The molecule has 1 N–H and O–H groups in total. The molecule has 0 radical (unpaired) electrons. The van der Waals surface area contributed by atoms with E-state index in [1.807, 2.05) is 66.9 Å². The monoisotopic (exact) mass is 293 g/mol. The van der Waals surface area contributed by atoms with Gasteiger partial charge in [0.25, 0.3) is 5.91 Å². The fraction of sp³-hybridized carbons (Fsp3) is 0.0556. The maximum absolute atomic E-state index is 12.3. The molecular weight excluding hydrogens is 278 g/mol. The zero-order chi connectivity index (χ0) is 14.7. The fourth-order valence-electron chi connectivity index (χ4n) is 2.10. The van der Waals surface area contributed by atoms with Crippen LogP contribution in [0.25, 0.3) is 10.4 Å². The van der Waals surface area contributed by atoms with Crippen LogP contribution < -0.4 is 5.32 Å². The molecule has 0 unspecified atom stereocenters. The quantitative estimate of drug-likeness (QED) is 0.725. The minimum absolute atomic E-state index is 0.0859. The number of thiophene rings is 1. The molecule has 0 aliphatic heterocycles. The first-order valence-corrected chi connectivity index (χ1v) is 7.62. The SMILES string of the molecule is Cc1ccc(NC(=O)c2cccc(-c3cccs3)c2)cc1. The van der Waals surface area contributed by atoms with Gasteiger partial charge in [0.15, 0.2) is 0 Å². The lowest BCUT2D eigenvalue weighted by Crippen LogP contribution is -2.11. The Morgan fingerprint density at radius 1 is 1.00 bits per heavy atom. The molecule has 0 spiro atoms. The number of aryl methyl sites for hydroxylation is 1. The number of anilines is 1. The van der Waals surface area contributed by atoms with E-state index in [0.29, 0.717) is 5.56 Å². The summed E-state index contributed by atoms with van der Waals surface area (Å²) in [6.45, 7) is 2.02. The van der Waals surface area contributed by atoms with E-state index in [0.717, 1.165) is 11.3 Å². The number of amides is 1. The van der Waals surface area contributed by atoms with Crippen molar-refractivity contribution in [3.05, 3.63) is 77.2 Å². The lowest BCUT2D eigenvalue weighted by atomic mass is 10.1. The van der Waals surface area contributed by atoms with Crippen molar-refractivity contribution < 1.29 is 4.79 Å². The highest BCUT2D eigenvalue weighted by Crippen LogP contribution is 2.25. The van der Waals surface area contributed by atoms with Gasteiger partial charge >= 0.3 is 0 Å². The van der Waals surface area contributed by atoms with Crippen molar-refractivity contribution in [1.29, 1.82) is 0 Å². The number of carbonyl (C=O) groups excluding carboxylic acids is 1. The van der Waals surface area contributed by atoms with E-state index in [2.05, 4.69) is 11.4 Å². The first kappa shape index (κ1) is 13.6. The van der Waals surface area contributed by atoms with Gasteiger partial charge < -0.3 is 5.32 Å². The van der Waals surface area contributed by atoms with Gasteiger partial charge in [-0.2, -0.15) is 0 Å². The summed E-state index contributed by atoms with van der Waals surface area (Å²) in [5.74, 6) is -0.0859. The zero-order valence-electron chi connectivity index (χ0n) is 11.7. The molecular formula is C18H15NOS. The smallest absolute Gasteiger partial charge is 0.255 e. The van der Waals surface area contributed by atoms with Crippen molar-refractivity contribution in [2.75, 3.05) is 5.32 Å². The van der Waals surface area contributed by atoms with Crippen LogP contribution in [-0.4, -0.2) is 5.91 Å². The second kappa shape index (κ2) is 5.94. The standard InChI is InChI=1S/C18H15NOS/c1-13-7-9-16(10-8-13)19-18(20)15-5-2-4-14(12-15)17-6-3-11-21-17/h2-12H,1H3,(H,19,20). The predicted molar refractivity (Wildman–Crippen MR) is 88.9 cm³/mol. The number of rotatable bonds is 3.